The van der Waals surface area contributed by atoms with Crippen LogP contribution >= 0.6 is 0 Å². The first-order chi connectivity index (χ1) is 12.5. The van der Waals surface area contributed by atoms with Crippen LogP contribution in [0.4, 0.5) is 0 Å². The smallest absolute Gasteiger partial charge is 0.262 e. The van der Waals surface area contributed by atoms with Gasteiger partial charge in [-0.15, -0.1) is 0 Å². The van der Waals surface area contributed by atoms with E-state index in [1.54, 1.807) is 18.2 Å². The van der Waals surface area contributed by atoms with Crippen LogP contribution in [-0.4, -0.2) is 47.4 Å². The van der Waals surface area contributed by atoms with Gasteiger partial charge in [0.2, 0.25) is 11.8 Å². The lowest BCUT2D eigenvalue weighted by atomic mass is 9.93. The van der Waals surface area contributed by atoms with E-state index < -0.39 is 29.7 Å². The first-order valence-electron chi connectivity index (χ1n) is 8.55. The molecule has 0 radical (unpaired) electrons. The molecule has 0 bridgehead atoms. The van der Waals surface area contributed by atoms with Crippen LogP contribution in [0.3, 0.4) is 0 Å². The van der Waals surface area contributed by atoms with E-state index in [9.17, 15) is 24.0 Å². The summed E-state index contributed by atoms with van der Waals surface area (Å²) in [6.45, 7) is 0.709. The maximum absolute atomic E-state index is 12.8. The molecule has 4 amide bonds. The molecule has 3 heterocycles. The van der Waals surface area contributed by atoms with Gasteiger partial charge in [-0.2, -0.15) is 0 Å². The Kier molecular flexibility index (Phi) is 3.91. The second kappa shape index (κ2) is 6.14. The van der Waals surface area contributed by atoms with Gasteiger partial charge in [0, 0.05) is 18.4 Å². The third-order valence-corrected chi connectivity index (χ3v) is 5.27. The van der Waals surface area contributed by atoms with Gasteiger partial charge in [-0.3, -0.25) is 29.4 Å². The van der Waals surface area contributed by atoms with E-state index in [-0.39, 0.29) is 35.9 Å². The van der Waals surface area contributed by atoms with E-state index in [0.29, 0.717) is 6.54 Å². The zero-order chi connectivity index (χ0) is 18.4. The van der Waals surface area contributed by atoms with Crippen LogP contribution in [0.25, 0.3) is 0 Å². The molecular formula is C18H17N3O5. The van der Waals surface area contributed by atoms with E-state index in [1.807, 2.05) is 0 Å². The molecule has 1 aromatic rings. The van der Waals surface area contributed by atoms with Gasteiger partial charge < -0.3 is 10.1 Å². The number of rotatable bonds is 3. The first kappa shape index (κ1) is 16.6. The number of carbonyl (C=O) groups excluding carboxylic acids is 5. The second-order valence-electron chi connectivity index (χ2n) is 6.77. The summed E-state index contributed by atoms with van der Waals surface area (Å²) >= 11 is 0. The van der Waals surface area contributed by atoms with Crippen LogP contribution in [0, 0.1) is 5.92 Å². The highest BCUT2D eigenvalue weighted by Crippen LogP contribution is 2.33. The van der Waals surface area contributed by atoms with Gasteiger partial charge in [0.05, 0.1) is 11.1 Å². The number of aldehydes is 1. The lowest BCUT2D eigenvalue weighted by Gasteiger charge is -2.27. The molecule has 2 N–H and O–H groups in total. The maximum atomic E-state index is 12.8. The summed E-state index contributed by atoms with van der Waals surface area (Å²) in [7, 11) is 0. The fourth-order valence-corrected chi connectivity index (χ4v) is 3.92. The predicted octanol–water partition coefficient (Wildman–Crippen LogP) is -0.0627. The molecule has 4 rings (SSSR count). The number of benzene rings is 1. The van der Waals surface area contributed by atoms with Crippen molar-refractivity contribution in [2.45, 2.75) is 31.3 Å². The molecular weight excluding hydrogens is 338 g/mol. The maximum Gasteiger partial charge on any atom is 0.262 e. The van der Waals surface area contributed by atoms with Gasteiger partial charge in [0.1, 0.15) is 12.3 Å². The molecule has 3 aliphatic heterocycles. The minimum atomic E-state index is -0.976. The molecule has 0 saturated carbocycles. The molecule has 2 saturated heterocycles. The number of nitrogens with zero attached hydrogens (tertiary/aromatic N) is 1. The minimum Gasteiger partial charge on any atom is -0.309 e. The van der Waals surface area contributed by atoms with Gasteiger partial charge in [-0.1, -0.05) is 6.07 Å². The average Bonchev–Trinajstić information content (AvgIpc) is 3.19. The van der Waals surface area contributed by atoms with Crippen molar-refractivity contribution in [3.63, 3.8) is 0 Å². The van der Waals surface area contributed by atoms with Gasteiger partial charge >= 0.3 is 0 Å². The van der Waals surface area contributed by atoms with Crippen LogP contribution in [-0.2, 0) is 14.4 Å². The zero-order valence-electron chi connectivity index (χ0n) is 13.9. The topological polar surface area (TPSA) is 113 Å². The Morgan fingerprint density at radius 2 is 1.81 bits per heavy atom. The molecule has 0 spiro atoms. The number of fused-ring (bicyclic) bond motifs is 1. The van der Waals surface area contributed by atoms with Crippen molar-refractivity contribution in [2.24, 2.45) is 5.92 Å². The molecule has 8 heteroatoms. The van der Waals surface area contributed by atoms with Crippen molar-refractivity contribution in [2.75, 3.05) is 6.54 Å². The van der Waals surface area contributed by atoms with Crippen LogP contribution in [0.1, 0.15) is 51.6 Å². The van der Waals surface area contributed by atoms with Gasteiger partial charge in [-0.05, 0) is 37.1 Å². The van der Waals surface area contributed by atoms with E-state index in [0.717, 1.165) is 23.2 Å². The minimum absolute atomic E-state index is 0.0854. The fourth-order valence-electron chi connectivity index (χ4n) is 3.92. The third-order valence-electron chi connectivity index (χ3n) is 5.27. The molecule has 3 aliphatic rings. The predicted molar refractivity (Wildman–Crippen MR) is 88.0 cm³/mol. The van der Waals surface area contributed by atoms with Gasteiger partial charge in [0.25, 0.3) is 11.8 Å². The SMILES string of the molecule is O=CC1CCNC1c1ccc2c(c1)C(=O)N(C1CCC(=O)NC1=O)C2=O. The summed E-state index contributed by atoms with van der Waals surface area (Å²) in [6, 6.07) is 3.76. The van der Waals surface area contributed by atoms with Crippen LogP contribution in [0.15, 0.2) is 18.2 Å². The molecule has 2 fully saturated rings. The van der Waals surface area contributed by atoms with Crippen molar-refractivity contribution in [1.29, 1.82) is 0 Å². The van der Waals surface area contributed by atoms with Crippen molar-refractivity contribution in [3.8, 4) is 0 Å². The van der Waals surface area contributed by atoms with E-state index in [2.05, 4.69) is 10.6 Å². The van der Waals surface area contributed by atoms with Crippen molar-refractivity contribution in [1.82, 2.24) is 15.5 Å². The Balaban J connectivity index is 1.65. The molecule has 3 unspecified atom stereocenters. The van der Waals surface area contributed by atoms with E-state index in [1.165, 1.54) is 0 Å². The summed E-state index contributed by atoms with van der Waals surface area (Å²) < 4.78 is 0. The quantitative estimate of drug-likeness (QED) is 0.580. The highest BCUT2D eigenvalue weighted by atomic mass is 16.2. The van der Waals surface area contributed by atoms with Crippen LogP contribution < -0.4 is 10.6 Å². The van der Waals surface area contributed by atoms with Crippen molar-refractivity contribution < 1.29 is 24.0 Å². The normalized spacial score (nSPS) is 28.3. The molecule has 3 atom stereocenters. The van der Waals surface area contributed by atoms with Crippen molar-refractivity contribution >= 4 is 29.9 Å². The standard InChI is InChI=1S/C18H17N3O5/c22-8-10-5-6-19-15(10)9-1-2-11-12(7-9)18(26)21(17(11)25)13-3-4-14(23)20-16(13)24/h1-2,7-8,10,13,15,19H,3-6H2,(H,20,23,24). The number of carbonyl (C=O) groups is 5. The Morgan fingerprint density at radius 1 is 1.04 bits per heavy atom. The lowest BCUT2D eigenvalue weighted by Crippen LogP contribution is -2.54. The lowest BCUT2D eigenvalue weighted by molar-refractivity contribution is -0.136. The number of hydrogen-bond donors (Lipinski definition) is 2. The largest absolute Gasteiger partial charge is 0.309 e. The molecule has 0 aromatic heterocycles. The summed E-state index contributed by atoms with van der Waals surface area (Å²) in [5.41, 5.74) is 1.24. The van der Waals surface area contributed by atoms with E-state index >= 15 is 0 Å². The first-order valence-corrected chi connectivity index (χ1v) is 8.55. The zero-order valence-corrected chi connectivity index (χ0v) is 13.9. The molecule has 134 valence electrons. The third kappa shape index (κ3) is 2.45. The second-order valence-corrected chi connectivity index (χ2v) is 6.77. The number of amides is 4. The number of nitrogens with one attached hydrogen (secondary N) is 2. The summed E-state index contributed by atoms with van der Waals surface area (Å²) in [4.78, 5) is 61.0. The van der Waals surface area contributed by atoms with Crippen molar-refractivity contribution in [3.05, 3.63) is 34.9 Å². The number of hydrogen-bond acceptors (Lipinski definition) is 6. The average molecular weight is 355 g/mol. The Bertz CT molecular complexity index is 849. The Morgan fingerprint density at radius 3 is 2.54 bits per heavy atom. The van der Waals surface area contributed by atoms with Gasteiger partial charge in [0.15, 0.2) is 0 Å². The Labute approximate surface area is 148 Å². The highest BCUT2D eigenvalue weighted by molar-refractivity contribution is 6.23. The number of piperidine rings is 1. The number of imide groups is 2. The molecule has 8 nitrogen and oxygen atoms in total. The molecule has 26 heavy (non-hydrogen) atoms. The monoisotopic (exact) mass is 355 g/mol. The van der Waals surface area contributed by atoms with Crippen LogP contribution in [0.2, 0.25) is 0 Å². The summed E-state index contributed by atoms with van der Waals surface area (Å²) in [5, 5.41) is 5.41. The van der Waals surface area contributed by atoms with E-state index in [4.69, 9.17) is 0 Å². The van der Waals surface area contributed by atoms with Gasteiger partial charge in [-0.25, -0.2) is 0 Å². The van der Waals surface area contributed by atoms with Crippen LogP contribution in [0.5, 0.6) is 0 Å². The summed E-state index contributed by atoms with van der Waals surface area (Å²) in [6.07, 6.45) is 1.84. The molecule has 0 aliphatic carbocycles. The molecule has 1 aromatic carbocycles. The highest BCUT2D eigenvalue weighted by Gasteiger charge is 2.45. The summed E-state index contributed by atoms with van der Waals surface area (Å²) in [5.74, 6) is -2.28. The Hall–Kier alpha value is -2.87. The fraction of sp³-hybridized carbons (Fsp3) is 0.389.